The summed E-state index contributed by atoms with van der Waals surface area (Å²) in [5.74, 6) is 0.452. The van der Waals surface area contributed by atoms with Crippen LogP contribution in [0.1, 0.15) is 20.3 Å². The number of halogens is 1. The first kappa shape index (κ1) is 16.7. The van der Waals surface area contributed by atoms with Crippen LogP contribution >= 0.6 is 11.6 Å². The number of nitriles is 1. The highest BCUT2D eigenvalue weighted by atomic mass is 35.5. The molecular formula is C12H17ClN4O2S. The fourth-order valence-electron chi connectivity index (χ4n) is 1.63. The number of pyridine rings is 1. The molecule has 0 bridgehead atoms. The maximum atomic E-state index is 12.4. The van der Waals surface area contributed by atoms with Gasteiger partial charge in [-0.15, -0.1) is 0 Å². The van der Waals surface area contributed by atoms with E-state index in [9.17, 15) is 8.42 Å². The fraction of sp³-hybridized carbons (Fsp3) is 0.500. The molecule has 0 unspecified atom stereocenters. The van der Waals surface area contributed by atoms with E-state index < -0.39 is 10.0 Å². The van der Waals surface area contributed by atoms with Crippen molar-refractivity contribution in [3.05, 3.63) is 17.3 Å². The van der Waals surface area contributed by atoms with Crippen LogP contribution < -0.4 is 5.32 Å². The van der Waals surface area contributed by atoms with Gasteiger partial charge in [-0.3, -0.25) is 0 Å². The molecule has 1 aromatic rings. The lowest BCUT2D eigenvalue weighted by molar-refractivity contribution is 0.435. The van der Waals surface area contributed by atoms with E-state index >= 15 is 0 Å². The lowest BCUT2D eigenvalue weighted by Gasteiger charge is -2.19. The van der Waals surface area contributed by atoms with Crippen LogP contribution in [0.3, 0.4) is 0 Å². The molecule has 110 valence electrons. The number of nitrogens with zero attached hydrogens (tertiary/aromatic N) is 3. The third-order valence-electron chi connectivity index (χ3n) is 2.62. The Morgan fingerprint density at radius 1 is 1.50 bits per heavy atom. The molecular weight excluding hydrogens is 300 g/mol. The first-order valence-electron chi connectivity index (χ1n) is 6.23. The van der Waals surface area contributed by atoms with E-state index in [1.807, 2.05) is 13.0 Å². The zero-order chi connectivity index (χ0) is 15.2. The van der Waals surface area contributed by atoms with Gasteiger partial charge in [0.25, 0.3) is 0 Å². The Kier molecular flexibility index (Phi) is 6.20. The Balaban J connectivity index is 3.09. The molecule has 1 heterocycles. The summed E-state index contributed by atoms with van der Waals surface area (Å²) < 4.78 is 26.0. The molecule has 0 amide bonds. The number of nitrogens with one attached hydrogen (secondary N) is 1. The van der Waals surface area contributed by atoms with Crippen LogP contribution in [0.4, 0.5) is 5.82 Å². The minimum absolute atomic E-state index is 0.0314. The summed E-state index contributed by atoms with van der Waals surface area (Å²) in [5, 5.41) is 11.8. The first-order chi connectivity index (χ1) is 9.47. The van der Waals surface area contributed by atoms with Gasteiger partial charge in [-0.2, -0.15) is 9.57 Å². The monoisotopic (exact) mass is 316 g/mol. The molecule has 0 aliphatic heterocycles. The van der Waals surface area contributed by atoms with Crippen LogP contribution in [0.25, 0.3) is 0 Å². The Labute approximate surface area is 124 Å². The molecule has 1 rings (SSSR count). The molecule has 0 aliphatic rings. The lowest BCUT2D eigenvalue weighted by atomic mass is 10.4. The van der Waals surface area contributed by atoms with Crippen molar-refractivity contribution in [1.29, 1.82) is 5.26 Å². The van der Waals surface area contributed by atoms with Gasteiger partial charge in [-0.1, -0.05) is 18.5 Å². The van der Waals surface area contributed by atoms with E-state index in [2.05, 4.69) is 10.3 Å². The third-order valence-corrected chi connectivity index (χ3v) is 4.85. The largest absolute Gasteiger partial charge is 0.369 e. The minimum atomic E-state index is -3.67. The maximum Gasteiger partial charge on any atom is 0.244 e. The second-order valence-corrected chi connectivity index (χ2v) is 6.28. The molecule has 0 saturated carbocycles. The highest BCUT2D eigenvalue weighted by Crippen LogP contribution is 2.24. The zero-order valence-corrected chi connectivity index (χ0v) is 13.0. The molecule has 1 aromatic heterocycles. The summed E-state index contributed by atoms with van der Waals surface area (Å²) in [4.78, 5) is 4.05. The van der Waals surface area contributed by atoms with E-state index in [4.69, 9.17) is 16.9 Å². The van der Waals surface area contributed by atoms with E-state index in [-0.39, 0.29) is 29.4 Å². The molecule has 0 saturated heterocycles. The average Bonchev–Trinajstić information content (AvgIpc) is 2.41. The van der Waals surface area contributed by atoms with E-state index in [1.165, 1.54) is 16.6 Å². The second kappa shape index (κ2) is 7.43. The number of sulfonamides is 1. The van der Waals surface area contributed by atoms with Gasteiger partial charge in [-0.05, 0) is 13.0 Å². The normalized spacial score (nSPS) is 11.3. The molecule has 6 nitrogen and oxygen atoms in total. The number of hydrogen-bond acceptors (Lipinski definition) is 5. The Morgan fingerprint density at radius 2 is 2.20 bits per heavy atom. The number of anilines is 1. The zero-order valence-electron chi connectivity index (χ0n) is 11.4. The van der Waals surface area contributed by atoms with Crippen LogP contribution in [0.15, 0.2) is 17.2 Å². The lowest BCUT2D eigenvalue weighted by Crippen LogP contribution is -2.31. The number of aromatic nitrogens is 1. The van der Waals surface area contributed by atoms with Crippen LogP contribution in [0.2, 0.25) is 5.02 Å². The smallest absolute Gasteiger partial charge is 0.244 e. The summed E-state index contributed by atoms with van der Waals surface area (Å²) >= 11 is 6.01. The summed E-state index contributed by atoms with van der Waals surface area (Å²) in [6.07, 6.45) is 1.41. The van der Waals surface area contributed by atoms with Gasteiger partial charge >= 0.3 is 0 Å². The SMILES string of the molecule is CCNc1ncc(S(=O)(=O)N(CC)CCC#N)cc1Cl. The van der Waals surface area contributed by atoms with Crippen LogP contribution in [0, 0.1) is 11.3 Å². The topological polar surface area (TPSA) is 86.1 Å². The molecule has 0 fully saturated rings. The molecule has 0 aromatic carbocycles. The van der Waals surface area contributed by atoms with Crippen molar-refractivity contribution in [2.75, 3.05) is 25.0 Å². The first-order valence-corrected chi connectivity index (χ1v) is 8.05. The predicted octanol–water partition coefficient (Wildman–Crippen LogP) is 2.09. The maximum absolute atomic E-state index is 12.4. The van der Waals surface area contributed by atoms with Gasteiger partial charge in [0.15, 0.2) is 0 Å². The summed E-state index contributed by atoms with van der Waals surface area (Å²) in [5.41, 5.74) is 0. The quantitative estimate of drug-likeness (QED) is 0.832. The minimum Gasteiger partial charge on any atom is -0.369 e. The molecule has 1 N–H and O–H groups in total. The molecule has 0 radical (unpaired) electrons. The Morgan fingerprint density at radius 3 is 2.70 bits per heavy atom. The van der Waals surface area contributed by atoms with Crippen molar-refractivity contribution < 1.29 is 8.42 Å². The summed E-state index contributed by atoms with van der Waals surface area (Å²) in [7, 11) is -3.67. The van der Waals surface area contributed by atoms with Gasteiger partial charge in [-0.25, -0.2) is 13.4 Å². The van der Waals surface area contributed by atoms with E-state index in [1.54, 1.807) is 6.92 Å². The molecule has 0 aliphatic carbocycles. The Hall–Kier alpha value is -1.36. The highest BCUT2D eigenvalue weighted by Gasteiger charge is 2.24. The van der Waals surface area contributed by atoms with Crippen molar-refractivity contribution in [3.8, 4) is 6.07 Å². The standard InChI is InChI=1S/C12H17ClN4O2S/c1-3-15-12-11(13)8-10(9-16-12)20(18,19)17(4-2)7-5-6-14/h8-9H,3-5,7H2,1-2H3,(H,15,16). The third kappa shape index (κ3) is 3.82. The number of hydrogen-bond donors (Lipinski definition) is 1. The van der Waals surface area contributed by atoms with E-state index in [0.717, 1.165) is 0 Å². The van der Waals surface area contributed by atoms with Crippen molar-refractivity contribution in [3.63, 3.8) is 0 Å². The van der Waals surface area contributed by atoms with Crippen molar-refractivity contribution in [2.45, 2.75) is 25.2 Å². The van der Waals surface area contributed by atoms with Crippen LogP contribution in [-0.4, -0.2) is 37.3 Å². The summed E-state index contributed by atoms with van der Waals surface area (Å²) in [6, 6.07) is 3.31. The predicted molar refractivity (Wildman–Crippen MR) is 78.1 cm³/mol. The molecule has 20 heavy (non-hydrogen) atoms. The van der Waals surface area contributed by atoms with Gasteiger partial charge in [0.2, 0.25) is 10.0 Å². The van der Waals surface area contributed by atoms with Gasteiger partial charge in [0.1, 0.15) is 10.7 Å². The average molecular weight is 317 g/mol. The Bertz CT molecular complexity index is 598. The molecule has 0 atom stereocenters. The molecule has 8 heteroatoms. The highest BCUT2D eigenvalue weighted by molar-refractivity contribution is 7.89. The van der Waals surface area contributed by atoms with Crippen LogP contribution in [0.5, 0.6) is 0 Å². The van der Waals surface area contributed by atoms with Crippen molar-refractivity contribution >= 4 is 27.4 Å². The van der Waals surface area contributed by atoms with E-state index in [0.29, 0.717) is 12.4 Å². The van der Waals surface area contributed by atoms with Crippen LogP contribution in [-0.2, 0) is 10.0 Å². The summed E-state index contributed by atoms with van der Waals surface area (Å²) in [6.45, 7) is 4.70. The van der Waals surface area contributed by atoms with Crippen molar-refractivity contribution in [2.24, 2.45) is 0 Å². The number of rotatable bonds is 7. The van der Waals surface area contributed by atoms with Gasteiger partial charge in [0.05, 0.1) is 11.1 Å². The molecule has 0 spiro atoms. The van der Waals surface area contributed by atoms with Crippen molar-refractivity contribution in [1.82, 2.24) is 9.29 Å². The fourth-order valence-corrected chi connectivity index (χ4v) is 3.35. The second-order valence-electron chi connectivity index (χ2n) is 3.94. The van der Waals surface area contributed by atoms with Gasteiger partial charge in [0, 0.05) is 32.3 Å². The van der Waals surface area contributed by atoms with Gasteiger partial charge < -0.3 is 5.32 Å².